The summed E-state index contributed by atoms with van der Waals surface area (Å²) in [5, 5.41) is 12.3. The summed E-state index contributed by atoms with van der Waals surface area (Å²) in [5.41, 5.74) is 4.38. The van der Waals surface area contributed by atoms with Crippen LogP contribution in [0.4, 0.5) is 0 Å². The highest BCUT2D eigenvalue weighted by molar-refractivity contribution is 9.10. The van der Waals surface area contributed by atoms with Gasteiger partial charge in [-0.2, -0.15) is 5.26 Å². The standard InChI is InChI=1S/C17H17BrN2/c1-12-3-6-16(17(18)9-12)11-20-13(2)15-7-4-14(10-19)5-8-15/h3-9,13,20H,11H2,1-2H3. The van der Waals surface area contributed by atoms with Gasteiger partial charge in [-0.1, -0.05) is 40.2 Å². The van der Waals surface area contributed by atoms with Crippen molar-refractivity contribution in [3.8, 4) is 6.07 Å². The Labute approximate surface area is 128 Å². The Hall–Kier alpha value is -1.63. The third kappa shape index (κ3) is 3.69. The molecule has 0 spiro atoms. The molecule has 0 aliphatic carbocycles. The summed E-state index contributed by atoms with van der Waals surface area (Å²) in [7, 11) is 0. The van der Waals surface area contributed by atoms with Gasteiger partial charge in [-0.05, 0) is 48.7 Å². The van der Waals surface area contributed by atoms with Crippen molar-refractivity contribution in [1.29, 1.82) is 5.26 Å². The predicted molar refractivity (Wildman–Crippen MR) is 85.3 cm³/mol. The minimum Gasteiger partial charge on any atom is -0.306 e. The largest absolute Gasteiger partial charge is 0.306 e. The van der Waals surface area contributed by atoms with Crippen molar-refractivity contribution in [2.24, 2.45) is 0 Å². The van der Waals surface area contributed by atoms with Crippen LogP contribution < -0.4 is 5.32 Å². The second-order valence-electron chi connectivity index (χ2n) is 4.93. The molecule has 0 radical (unpaired) electrons. The van der Waals surface area contributed by atoms with E-state index >= 15 is 0 Å². The molecule has 0 aromatic heterocycles. The van der Waals surface area contributed by atoms with Crippen LogP contribution in [0.1, 0.15) is 35.2 Å². The van der Waals surface area contributed by atoms with Crippen LogP contribution in [0.15, 0.2) is 46.9 Å². The maximum Gasteiger partial charge on any atom is 0.0991 e. The number of benzene rings is 2. The van der Waals surface area contributed by atoms with Gasteiger partial charge in [0, 0.05) is 17.1 Å². The van der Waals surface area contributed by atoms with Crippen molar-refractivity contribution in [3.05, 3.63) is 69.2 Å². The van der Waals surface area contributed by atoms with E-state index in [1.54, 1.807) is 0 Å². The minimum absolute atomic E-state index is 0.246. The van der Waals surface area contributed by atoms with Gasteiger partial charge in [-0.25, -0.2) is 0 Å². The molecule has 0 amide bonds. The molecule has 0 fully saturated rings. The molecule has 1 N–H and O–H groups in total. The summed E-state index contributed by atoms with van der Waals surface area (Å²) in [6.07, 6.45) is 0. The second kappa shape index (κ2) is 6.69. The average molecular weight is 329 g/mol. The van der Waals surface area contributed by atoms with E-state index in [0.717, 1.165) is 11.0 Å². The van der Waals surface area contributed by atoms with Gasteiger partial charge in [0.15, 0.2) is 0 Å². The fourth-order valence-corrected chi connectivity index (χ4v) is 2.66. The number of aryl methyl sites for hydroxylation is 1. The number of halogens is 1. The first-order chi connectivity index (χ1) is 9.60. The molecule has 2 rings (SSSR count). The highest BCUT2D eigenvalue weighted by atomic mass is 79.9. The molecular formula is C17H17BrN2. The van der Waals surface area contributed by atoms with Crippen molar-refractivity contribution in [3.63, 3.8) is 0 Å². The maximum atomic E-state index is 8.80. The highest BCUT2D eigenvalue weighted by Crippen LogP contribution is 2.20. The van der Waals surface area contributed by atoms with Crippen LogP contribution in [0.25, 0.3) is 0 Å². The molecule has 0 bridgehead atoms. The van der Waals surface area contributed by atoms with Crippen molar-refractivity contribution in [2.75, 3.05) is 0 Å². The fourth-order valence-electron chi connectivity index (χ4n) is 2.02. The molecule has 102 valence electrons. The van der Waals surface area contributed by atoms with Crippen LogP contribution in [0.2, 0.25) is 0 Å². The zero-order valence-electron chi connectivity index (χ0n) is 11.7. The summed E-state index contributed by atoms with van der Waals surface area (Å²) < 4.78 is 1.14. The lowest BCUT2D eigenvalue weighted by Crippen LogP contribution is -2.18. The Balaban J connectivity index is 2.00. The van der Waals surface area contributed by atoms with Crippen LogP contribution in [0.3, 0.4) is 0 Å². The Morgan fingerprint density at radius 1 is 1.20 bits per heavy atom. The summed E-state index contributed by atoms with van der Waals surface area (Å²) >= 11 is 3.60. The molecule has 2 aromatic carbocycles. The van der Waals surface area contributed by atoms with Gasteiger partial charge in [0.2, 0.25) is 0 Å². The van der Waals surface area contributed by atoms with E-state index in [1.807, 2.05) is 24.3 Å². The summed E-state index contributed by atoms with van der Waals surface area (Å²) in [6, 6.07) is 16.5. The fraction of sp³-hybridized carbons (Fsp3) is 0.235. The van der Waals surface area contributed by atoms with Crippen LogP contribution >= 0.6 is 15.9 Å². The molecule has 3 heteroatoms. The number of hydrogen-bond donors (Lipinski definition) is 1. The minimum atomic E-state index is 0.246. The Bertz CT molecular complexity index is 626. The molecule has 20 heavy (non-hydrogen) atoms. The SMILES string of the molecule is Cc1ccc(CNC(C)c2ccc(C#N)cc2)c(Br)c1. The molecule has 2 aromatic rings. The molecule has 0 saturated heterocycles. The van der Waals surface area contributed by atoms with Gasteiger partial charge in [0.25, 0.3) is 0 Å². The predicted octanol–water partition coefficient (Wildman–Crippen LogP) is 4.48. The van der Waals surface area contributed by atoms with Gasteiger partial charge in [0.05, 0.1) is 11.6 Å². The van der Waals surface area contributed by atoms with E-state index in [4.69, 9.17) is 5.26 Å². The zero-order valence-corrected chi connectivity index (χ0v) is 13.2. The average Bonchev–Trinajstić information content (AvgIpc) is 2.46. The smallest absolute Gasteiger partial charge is 0.0991 e. The summed E-state index contributed by atoms with van der Waals surface area (Å²) in [6.45, 7) is 5.02. The molecule has 1 unspecified atom stereocenters. The van der Waals surface area contributed by atoms with Gasteiger partial charge >= 0.3 is 0 Å². The zero-order chi connectivity index (χ0) is 14.5. The summed E-state index contributed by atoms with van der Waals surface area (Å²) in [5.74, 6) is 0. The van der Waals surface area contributed by atoms with Crippen LogP contribution in [0, 0.1) is 18.3 Å². The first-order valence-corrected chi connectivity index (χ1v) is 7.38. The second-order valence-corrected chi connectivity index (χ2v) is 5.79. The van der Waals surface area contributed by atoms with Gasteiger partial charge in [-0.3, -0.25) is 0 Å². The van der Waals surface area contributed by atoms with Gasteiger partial charge in [0.1, 0.15) is 0 Å². The van der Waals surface area contributed by atoms with Crippen LogP contribution in [-0.4, -0.2) is 0 Å². The maximum absolute atomic E-state index is 8.80. The first-order valence-electron chi connectivity index (χ1n) is 6.58. The molecule has 0 aliphatic heterocycles. The van der Waals surface area contributed by atoms with Crippen LogP contribution in [0.5, 0.6) is 0 Å². The Morgan fingerprint density at radius 3 is 2.50 bits per heavy atom. The van der Waals surface area contributed by atoms with Gasteiger partial charge < -0.3 is 5.32 Å². The quantitative estimate of drug-likeness (QED) is 0.898. The number of rotatable bonds is 4. The van der Waals surface area contributed by atoms with Crippen LogP contribution in [-0.2, 0) is 6.54 Å². The molecule has 0 aliphatic rings. The van der Waals surface area contributed by atoms with Crippen molar-refractivity contribution < 1.29 is 0 Å². The monoisotopic (exact) mass is 328 g/mol. The van der Waals surface area contributed by atoms with Crippen molar-refractivity contribution in [1.82, 2.24) is 5.32 Å². The topological polar surface area (TPSA) is 35.8 Å². The third-order valence-corrected chi connectivity index (χ3v) is 4.09. The van der Waals surface area contributed by atoms with E-state index in [9.17, 15) is 0 Å². The van der Waals surface area contributed by atoms with E-state index in [0.29, 0.717) is 5.56 Å². The first kappa shape index (κ1) is 14.8. The highest BCUT2D eigenvalue weighted by Gasteiger charge is 2.06. The normalized spacial score (nSPS) is 11.9. The van der Waals surface area contributed by atoms with E-state index in [2.05, 4.69) is 59.4 Å². The van der Waals surface area contributed by atoms with Crippen molar-refractivity contribution >= 4 is 15.9 Å². The lowest BCUT2D eigenvalue weighted by molar-refractivity contribution is 0.573. The van der Waals surface area contributed by atoms with E-state index in [-0.39, 0.29) is 6.04 Å². The van der Waals surface area contributed by atoms with Gasteiger partial charge in [-0.15, -0.1) is 0 Å². The molecule has 2 nitrogen and oxygen atoms in total. The van der Waals surface area contributed by atoms with E-state index in [1.165, 1.54) is 16.7 Å². The van der Waals surface area contributed by atoms with E-state index < -0.39 is 0 Å². The number of hydrogen-bond acceptors (Lipinski definition) is 2. The number of nitriles is 1. The third-order valence-electron chi connectivity index (χ3n) is 3.35. The number of nitrogens with zero attached hydrogens (tertiary/aromatic N) is 1. The lowest BCUT2D eigenvalue weighted by Gasteiger charge is -2.15. The Kier molecular flexibility index (Phi) is 4.94. The molecular weight excluding hydrogens is 312 g/mol. The Morgan fingerprint density at radius 2 is 1.90 bits per heavy atom. The molecule has 0 heterocycles. The molecule has 1 atom stereocenters. The number of nitrogens with one attached hydrogen (secondary N) is 1. The molecule has 0 saturated carbocycles. The summed E-state index contributed by atoms with van der Waals surface area (Å²) in [4.78, 5) is 0. The lowest BCUT2D eigenvalue weighted by atomic mass is 10.1. The van der Waals surface area contributed by atoms with Crippen molar-refractivity contribution in [2.45, 2.75) is 26.4 Å².